The third kappa shape index (κ3) is 2.04. The smallest absolute Gasteiger partial charge is 0.418 e. The summed E-state index contributed by atoms with van der Waals surface area (Å²) in [6.45, 7) is 0. The molecule has 0 saturated carbocycles. The highest BCUT2D eigenvalue weighted by Crippen LogP contribution is 2.32. The fraction of sp³-hybridized carbons (Fsp3) is 0.0769. The van der Waals surface area contributed by atoms with Crippen LogP contribution in [-0.4, -0.2) is 9.55 Å². The first-order valence-electron chi connectivity index (χ1n) is 5.79. The molecule has 1 aromatic carbocycles. The molecule has 0 unspecified atom stereocenters. The number of H-pyrrole nitrogens is 1. The highest BCUT2D eigenvalue weighted by atomic mass is 19.4. The van der Waals surface area contributed by atoms with Crippen LogP contribution in [0.25, 0.3) is 16.8 Å². The molecular weight excluding hydrogens is 289 g/mol. The number of aromatic amines is 1. The summed E-state index contributed by atoms with van der Waals surface area (Å²) in [5, 5.41) is -0.249. The number of furan rings is 1. The van der Waals surface area contributed by atoms with Crippen LogP contribution in [-0.2, 0) is 6.18 Å². The summed E-state index contributed by atoms with van der Waals surface area (Å²) < 4.78 is 44.3. The van der Waals surface area contributed by atoms with Gasteiger partial charge in [-0.05, 0) is 18.2 Å². The van der Waals surface area contributed by atoms with Gasteiger partial charge in [-0.2, -0.15) is 17.7 Å². The first-order chi connectivity index (χ1) is 9.89. The number of alkyl halides is 3. The van der Waals surface area contributed by atoms with Crippen molar-refractivity contribution < 1.29 is 17.6 Å². The Balaban J connectivity index is 2.45. The number of rotatable bonds is 1. The van der Waals surface area contributed by atoms with Crippen molar-refractivity contribution in [2.75, 3.05) is 0 Å². The van der Waals surface area contributed by atoms with Crippen LogP contribution >= 0.6 is 0 Å². The topological polar surface area (TPSA) is 68.0 Å². The first-order valence-corrected chi connectivity index (χ1v) is 5.79. The Hall–Kier alpha value is -2.77. The van der Waals surface area contributed by atoms with Gasteiger partial charge in [-0.25, -0.2) is 4.79 Å². The lowest BCUT2D eigenvalue weighted by molar-refractivity contribution is -0.136. The van der Waals surface area contributed by atoms with Gasteiger partial charge in [-0.1, -0.05) is 6.07 Å². The number of hydrogen-bond acceptors (Lipinski definition) is 3. The number of nitrogens with zero attached hydrogens (tertiary/aromatic N) is 1. The molecule has 3 aromatic rings. The number of benzene rings is 1. The Bertz CT molecular complexity index is 920. The van der Waals surface area contributed by atoms with Crippen LogP contribution in [0.1, 0.15) is 5.56 Å². The Labute approximate surface area is 114 Å². The van der Waals surface area contributed by atoms with E-state index in [0.29, 0.717) is 4.57 Å². The second kappa shape index (κ2) is 4.37. The summed E-state index contributed by atoms with van der Waals surface area (Å²) in [4.78, 5) is 26.2. The van der Waals surface area contributed by atoms with Crippen molar-refractivity contribution in [1.82, 2.24) is 9.55 Å². The monoisotopic (exact) mass is 296 g/mol. The molecule has 0 saturated heterocycles. The number of halogens is 3. The van der Waals surface area contributed by atoms with Gasteiger partial charge in [0.1, 0.15) is 0 Å². The Morgan fingerprint density at radius 3 is 2.48 bits per heavy atom. The van der Waals surface area contributed by atoms with Crippen molar-refractivity contribution in [3.05, 3.63) is 63.0 Å². The lowest BCUT2D eigenvalue weighted by Crippen LogP contribution is -2.34. The highest BCUT2D eigenvalue weighted by molar-refractivity contribution is 5.81. The molecule has 0 amide bonds. The largest absolute Gasteiger partial charge is 0.448 e. The molecular formula is C13H7F3N2O3. The van der Waals surface area contributed by atoms with Gasteiger partial charge in [0, 0.05) is 6.07 Å². The lowest BCUT2D eigenvalue weighted by Gasteiger charge is -2.10. The number of aromatic nitrogens is 2. The third-order valence-corrected chi connectivity index (χ3v) is 2.96. The van der Waals surface area contributed by atoms with E-state index in [1.54, 1.807) is 0 Å². The molecule has 0 aliphatic rings. The minimum Gasteiger partial charge on any atom is -0.448 e. The maximum Gasteiger partial charge on any atom is 0.418 e. The van der Waals surface area contributed by atoms with Crippen molar-refractivity contribution in [2.24, 2.45) is 0 Å². The van der Waals surface area contributed by atoms with Crippen LogP contribution in [0, 0.1) is 0 Å². The van der Waals surface area contributed by atoms with Gasteiger partial charge >= 0.3 is 11.9 Å². The van der Waals surface area contributed by atoms with E-state index in [9.17, 15) is 22.8 Å². The first kappa shape index (κ1) is 13.2. The Kier molecular flexibility index (Phi) is 2.75. The molecule has 1 N–H and O–H groups in total. The molecule has 2 heterocycles. The summed E-state index contributed by atoms with van der Waals surface area (Å²) in [5.41, 5.74) is -3.49. The zero-order valence-corrected chi connectivity index (χ0v) is 10.3. The number of fused-ring (bicyclic) bond motifs is 1. The van der Waals surface area contributed by atoms with E-state index in [2.05, 4.69) is 4.98 Å². The fourth-order valence-corrected chi connectivity index (χ4v) is 2.07. The molecule has 0 fully saturated rings. The van der Waals surface area contributed by atoms with E-state index in [4.69, 9.17) is 4.42 Å². The van der Waals surface area contributed by atoms with Gasteiger partial charge in [0.25, 0.3) is 5.56 Å². The molecule has 8 heteroatoms. The summed E-state index contributed by atoms with van der Waals surface area (Å²) in [6.07, 6.45) is -3.43. The van der Waals surface area contributed by atoms with E-state index in [1.807, 2.05) is 0 Å². The van der Waals surface area contributed by atoms with E-state index in [-0.39, 0.29) is 11.3 Å². The van der Waals surface area contributed by atoms with E-state index in [1.165, 1.54) is 24.5 Å². The van der Waals surface area contributed by atoms with Gasteiger partial charge in [-0.15, -0.1) is 0 Å². The maximum absolute atomic E-state index is 12.9. The molecule has 108 valence electrons. The molecule has 0 bridgehead atoms. The molecule has 21 heavy (non-hydrogen) atoms. The van der Waals surface area contributed by atoms with Crippen LogP contribution in [0.3, 0.4) is 0 Å². The van der Waals surface area contributed by atoms with Crippen molar-refractivity contribution in [3.63, 3.8) is 0 Å². The molecule has 0 spiro atoms. The summed E-state index contributed by atoms with van der Waals surface area (Å²) >= 11 is 0. The van der Waals surface area contributed by atoms with Gasteiger partial charge < -0.3 is 9.40 Å². The number of nitrogens with one attached hydrogen (secondary N) is 1. The fourth-order valence-electron chi connectivity index (χ4n) is 2.07. The summed E-state index contributed by atoms with van der Waals surface area (Å²) in [6, 6.07) is 5.93. The molecule has 5 nitrogen and oxygen atoms in total. The third-order valence-electron chi connectivity index (χ3n) is 2.96. The van der Waals surface area contributed by atoms with E-state index >= 15 is 0 Å². The lowest BCUT2D eigenvalue weighted by atomic mass is 10.1. The highest BCUT2D eigenvalue weighted by Gasteiger charge is 2.33. The molecule has 0 aliphatic carbocycles. The van der Waals surface area contributed by atoms with Gasteiger partial charge in [0.2, 0.25) is 5.88 Å². The predicted molar refractivity (Wildman–Crippen MR) is 67.4 cm³/mol. The standard InChI is InChI=1S/C13H7F3N2O3/c14-13(15,16)8-4-1-3-7-10(8)17-12(20)18(11(7)19)9-5-2-6-21-9/h1-6H,(H,17,20). The van der Waals surface area contributed by atoms with E-state index in [0.717, 1.165) is 12.1 Å². The van der Waals surface area contributed by atoms with Crippen LogP contribution in [0.15, 0.2) is 50.6 Å². The van der Waals surface area contributed by atoms with Crippen molar-refractivity contribution >= 4 is 10.9 Å². The molecule has 0 aliphatic heterocycles. The average Bonchev–Trinajstić information content (AvgIpc) is 2.90. The summed E-state index contributed by atoms with van der Waals surface area (Å²) in [5.74, 6) is -0.0689. The van der Waals surface area contributed by atoms with Gasteiger partial charge in [-0.3, -0.25) is 4.79 Å². The average molecular weight is 296 g/mol. The van der Waals surface area contributed by atoms with Crippen LogP contribution in [0.5, 0.6) is 0 Å². The predicted octanol–water partition coefficient (Wildman–Crippen LogP) is 2.29. The quantitative estimate of drug-likeness (QED) is 0.749. The van der Waals surface area contributed by atoms with Crippen LogP contribution in [0.4, 0.5) is 13.2 Å². The SMILES string of the molecule is O=c1[nH]c2c(C(F)(F)F)cccc2c(=O)n1-c1ccco1. The minimum absolute atomic E-state index is 0.0689. The normalized spacial score (nSPS) is 12.0. The zero-order chi connectivity index (χ0) is 15.2. The van der Waals surface area contributed by atoms with Crippen LogP contribution < -0.4 is 11.2 Å². The molecule has 3 rings (SSSR count). The minimum atomic E-state index is -4.67. The molecule has 0 atom stereocenters. The van der Waals surface area contributed by atoms with Crippen molar-refractivity contribution in [1.29, 1.82) is 0 Å². The van der Waals surface area contributed by atoms with Gasteiger partial charge in [0.05, 0.1) is 22.7 Å². The zero-order valence-electron chi connectivity index (χ0n) is 10.3. The van der Waals surface area contributed by atoms with Gasteiger partial charge in [0.15, 0.2) is 0 Å². The Morgan fingerprint density at radius 2 is 1.86 bits per heavy atom. The number of para-hydroxylation sites is 1. The summed E-state index contributed by atoms with van der Waals surface area (Å²) in [7, 11) is 0. The van der Waals surface area contributed by atoms with Crippen LogP contribution in [0.2, 0.25) is 0 Å². The van der Waals surface area contributed by atoms with Crippen molar-refractivity contribution in [3.8, 4) is 5.88 Å². The van der Waals surface area contributed by atoms with Crippen molar-refractivity contribution in [2.45, 2.75) is 6.18 Å². The maximum atomic E-state index is 12.9. The van der Waals surface area contributed by atoms with E-state index < -0.39 is 28.5 Å². The number of hydrogen-bond donors (Lipinski definition) is 1. The molecule has 2 aromatic heterocycles. The second-order valence-corrected chi connectivity index (χ2v) is 4.25. The molecule has 0 radical (unpaired) electrons. The second-order valence-electron chi connectivity index (χ2n) is 4.25. The Morgan fingerprint density at radius 1 is 1.10 bits per heavy atom.